The van der Waals surface area contributed by atoms with Crippen molar-refractivity contribution >= 4 is 17.6 Å². The van der Waals surface area contributed by atoms with Gasteiger partial charge in [0.05, 0.1) is 5.69 Å². The second kappa shape index (κ2) is 6.86. The number of aryl methyl sites for hydroxylation is 3. The minimum Gasteiger partial charge on any atom is -0.346 e. The van der Waals surface area contributed by atoms with Gasteiger partial charge in [-0.3, -0.25) is 19.0 Å². The van der Waals surface area contributed by atoms with Crippen molar-refractivity contribution in [3.8, 4) is 0 Å². The van der Waals surface area contributed by atoms with Gasteiger partial charge in [0.25, 0.3) is 5.91 Å². The number of hydrogen-bond acceptors (Lipinski definition) is 4. The molecular formula is C16H24N6O2. The number of aromatic nitrogens is 4. The Morgan fingerprint density at radius 2 is 1.83 bits per heavy atom. The molecule has 0 radical (unpaired) electrons. The molecule has 0 fully saturated rings. The lowest BCUT2D eigenvalue weighted by molar-refractivity contribution is -0.118. The van der Waals surface area contributed by atoms with Gasteiger partial charge >= 0.3 is 0 Å². The van der Waals surface area contributed by atoms with E-state index in [2.05, 4.69) is 20.8 Å². The van der Waals surface area contributed by atoms with Crippen LogP contribution in [0, 0.1) is 19.8 Å². The third-order valence-electron chi connectivity index (χ3n) is 3.97. The van der Waals surface area contributed by atoms with Crippen molar-refractivity contribution in [3.05, 3.63) is 28.7 Å². The largest absolute Gasteiger partial charge is 0.346 e. The van der Waals surface area contributed by atoms with Crippen LogP contribution in [0.25, 0.3) is 0 Å². The van der Waals surface area contributed by atoms with E-state index in [1.807, 2.05) is 20.9 Å². The Morgan fingerprint density at radius 1 is 1.17 bits per heavy atom. The first-order valence-electron chi connectivity index (χ1n) is 7.82. The van der Waals surface area contributed by atoms with Crippen LogP contribution < -0.4 is 10.6 Å². The molecule has 0 aliphatic rings. The van der Waals surface area contributed by atoms with Crippen LogP contribution in [-0.2, 0) is 25.4 Å². The lowest BCUT2D eigenvalue weighted by Crippen LogP contribution is -2.24. The predicted molar refractivity (Wildman–Crippen MR) is 90.5 cm³/mol. The van der Waals surface area contributed by atoms with Gasteiger partial charge in [0.15, 0.2) is 5.69 Å². The van der Waals surface area contributed by atoms with Crippen molar-refractivity contribution in [2.24, 2.45) is 20.0 Å². The molecule has 8 nitrogen and oxygen atoms in total. The van der Waals surface area contributed by atoms with Crippen LogP contribution in [0.1, 0.15) is 41.3 Å². The SMILES string of the molecule is Cc1nn(C)c(C)c1CNC(=O)c1cc(NC(=O)C(C)C)n(C)n1. The molecule has 8 heteroatoms. The van der Waals surface area contributed by atoms with E-state index in [1.54, 1.807) is 31.6 Å². The summed E-state index contributed by atoms with van der Waals surface area (Å²) in [5, 5.41) is 14.1. The van der Waals surface area contributed by atoms with Crippen LogP contribution in [0.5, 0.6) is 0 Å². The first-order valence-corrected chi connectivity index (χ1v) is 7.82. The summed E-state index contributed by atoms with van der Waals surface area (Å²) in [5.74, 6) is -0.0637. The summed E-state index contributed by atoms with van der Waals surface area (Å²) in [4.78, 5) is 24.1. The Hall–Kier alpha value is -2.64. The van der Waals surface area contributed by atoms with Gasteiger partial charge in [-0.1, -0.05) is 13.8 Å². The minimum absolute atomic E-state index is 0.119. The molecule has 2 amide bonds. The average Bonchev–Trinajstić information content (AvgIpc) is 2.98. The number of anilines is 1. The molecule has 0 saturated heterocycles. The smallest absolute Gasteiger partial charge is 0.272 e. The van der Waals surface area contributed by atoms with Crippen molar-refractivity contribution in [1.29, 1.82) is 0 Å². The molecule has 0 saturated carbocycles. The van der Waals surface area contributed by atoms with Crippen LogP contribution in [-0.4, -0.2) is 31.4 Å². The first kappa shape index (κ1) is 17.7. The van der Waals surface area contributed by atoms with Crippen molar-refractivity contribution in [1.82, 2.24) is 24.9 Å². The average molecular weight is 332 g/mol. The summed E-state index contributed by atoms with van der Waals surface area (Å²) < 4.78 is 3.27. The maximum atomic E-state index is 12.3. The Morgan fingerprint density at radius 3 is 2.38 bits per heavy atom. The Labute approximate surface area is 141 Å². The molecule has 24 heavy (non-hydrogen) atoms. The molecule has 0 aliphatic heterocycles. The van der Waals surface area contributed by atoms with E-state index in [0.717, 1.165) is 17.0 Å². The van der Waals surface area contributed by atoms with Crippen LogP contribution in [0.3, 0.4) is 0 Å². The molecule has 0 bridgehead atoms. The third-order valence-corrected chi connectivity index (χ3v) is 3.97. The van der Waals surface area contributed by atoms with E-state index in [9.17, 15) is 9.59 Å². The van der Waals surface area contributed by atoms with E-state index in [4.69, 9.17) is 0 Å². The zero-order chi connectivity index (χ0) is 18.0. The van der Waals surface area contributed by atoms with Crippen LogP contribution >= 0.6 is 0 Å². The fourth-order valence-corrected chi connectivity index (χ4v) is 2.30. The lowest BCUT2D eigenvalue weighted by Gasteiger charge is -2.06. The molecule has 2 aromatic heterocycles. The summed E-state index contributed by atoms with van der Waals surface area (Å²) in [7, 11) is 3.55. The number of nitrogens with zero attached hydrogens (tertiary/aromatic N) is 4. The van der Waals surface area contributed by atoms with E-state index in [0.29, 0.717) is 12.4 Å². The predicted octanol–water partition coefficient (Wildman–Crippen LogP) is 1.29. The van der Waals surface area contributed by atoms with E-state index in [-0.39, 0.29) is 23.4 Å². The van der Waals surface area contributed by atoms with E-state index in [1.165, 1.54) is 4.68 Å². The highest BCUT2D eigenvalue weighted by atomic mass is 16.2. The molecule has 2 rings (SSSR count). The molecular weight excluding hydrogens is 308 g/mol. The van der Waals surface area contributed by atoms with Gasteiger partial charge in [-0.05, 0) is 13.8 Å². The molecule has 0 atom stereocenters. The fourth-order valence-electron chi connectivity index (χ4n) is 2.30. The fraction of sp³-hybridized carbons (Fsp3) is 0.500. The van der Waals surface area contributed by atoms with Crippen molar-refractivity contribution in [2.75, 3.05) is 5.32 Å². The summed E-state index contributed by atoms with van der Waals surface area (Å²) in [6.07, 6.45) is 0. The molecule has 0 spiro atoms. The molecule has 0 aliphatic carbocycles. The maximum absolute atomic E-state index is 12.3. The highest BCUT2D eigenvalue weighted by molar-refractivity contribution is 5.95. The summed E-state index contributed by atoms with van der Waals surface area (Å²) in [6, 6.07) is 1.57. The molecule has 2 aromatic rings. The molecule has 2 heterocycles. The summed E-state index contributed by atoms with van der Waals surface area (Å²) in [5.41, 5.74) is 3.16. The maximum Gasteiger partial charge on any atom is 0.272 e. The van der Waals surface area contributed by atoms with Gasteiger partial charge in [0, 0.05) is 43.9 Å². The minimum atomic E-state index is -0.293. The summed E-state index contributed by atoms with van der Waals surface area (Å²) >= 11 is 0. The van der Waals surface area contributed by atoms with Crippen molar-refractivity contribution in [3.63, 3.8) is 0 Å². The lowest BCUT2D eigenvalue weighted by atomic mass is 10.2. The third kappa shape index (κ3) is 3.64. The van der Waals surface area contributed by atoms with Crippen molar-refractivity contribution in [2.45, 2.75) is 34.2 Å². The molecule has 0 unspecified atom stereocenters. The normalized spacial score (nSPS) is 11.0. The van der Waals surface area contributed by atoms with Gasteiger partial charge in [0.2, 0.25) is 5.91 Å². The highest BCUT2D eigenvalue weighted by Crippen LogP contribution is 2.13. The van der Waals surface area contributed by atoms with Crippen LogP contribution in [0.15, 0.2) is 6.07 Å². The first-order chi connectivity index (χ1) is 11.2. The number of amides is 2. The Balaban J connectivity index is 2.06. The van der Waals surface area contributed by atoms with Gasteiger partial charge in [-0.2, -0.15) is 10.2 Å². The van der Waals surface area contributed by atoms with Gasteiger partial charge < -0.3 is 10.6 Å². The second-order valence-corrected chi connectivity index (χ2v) is 6.14. The van der Waals surface area contributed by atoms with Crippen molar-refractivity contribution < 1.29 is 9.59 Å². The Kier molecular flexibility index (Phi) is 5.06. The molecule has 130 valence electrons. The highest BCUT2D eigenvalue weighted by Gasteiger charge is 2.17. The number of rotatable bonds is 5. The quantitative estimate of drug-likeness (QED) is 0.863. The van der Waals surface area contributed by atoms with Gasteiger partial charge in [-0.25, -0.2) is 0 Å². The topological polar surface area (TPSA) is 93.8 Å². The molecule has 0 aromatic carbocycles. The van der Waals surface area contributed by atoms with Crippen LogP contribution in [0.2, 0.25) is 0 Å². The van der Waals surface area contributed by atoms with E-state index < -0.39 is 0 Å². The Bertz CT molecular complexity index is 772. The number of carbonyl (C=O) groups is 2. The zero-order valence-electron chi connectivity index (χ0n) is 15.0. The van der Waals surface area contributed by atoms with E-state index >= 15 is 0 Å². The molecule has 2 N–H and O–H groups in total. The summed E-state index contributed by atoms with van der Waals surface area (Å²) in [6.45, 7) is 7.86. The zero-order valence-corrected chi connectivity index (χ0v) is 15.0. The monoisotopic (exact) mass is 332 g/mol. The van der Waals surface area contributed by atoms with Gasteiger partial charge in [0.1, 0.15) is 5.82 Å². The van der Waals surface area contributed by atoms with Crippen LogP contribution in [0.4, 0.5) is 5.82 Å². The second-order valence-electron chi connectivity index (χ2n) is 6.14. The number of nitrogens with one attached hydrogen (secondary N) is 2. The number of hydrogen-bond donors (Lipinski definition) is 2. The van der Waals surface area contributed by atoms with Gasteiger partial charge in [-0.15, -0.1) is 0 Å². The number of carbonyl (C=O) groups excluding carboxylic acids is 2. The standard InChI is InChI=1S/C16H24N6O2/c1-9(2)15(23)18-14-7-13(20-22(14)6)16(24)17-8-12-10(3)19-21(5)11(12)4/h7,9H,8H2,1-6H3,(H,17,24)(H,18,23).